The van der Waals surface area contributed by atoms with Crippen LogP contribution in [-0.2, 0) is 66.6 Å². The van der Waals surface area contributed by atoms with Crippen molar-refractivity contribution in [1.82, 2.24) is 0 Å². The van der Waals surface area contributed by atoms with Crippen molar-refractivity contribution in [3.63, 3.8) is 0 Å². The number of aromatic hydroxyl groups is 2. The Kier molecular flexibility index (Phi) is 11.8. The Hall–Kier alpha value is -3.21. The van der Waals surface area contributed by atoms with Crippen LogP contribution in [0.4, 0.5) is 0 Å². The molecule has 0 fully saturated rings. The van der Waals surface area contributed by atoms with Crippen LogP contribution in [0, 0.1) is 0 Å². The number of hydrogen-bond acceptors (Lipinski definition) is 2. The molecule has 0 aliphatic carbocycles. The molecule has 49 heavy (non-hydrogen) atoms. The average molecular weight is 697 g/mol. The Balaban J connectivity index is 1.95. The molecule has 0 aliphatic heterocycles. The van der Waals surface area contributed by atoms with Crippen molar-refractivity contribution >= 4 is 0 Å². The van der Waals surface area contributed by atoms with E-state index in [1.165, 1.54) is 33.4 Å². The minimum atomic E-state index is -0.935. The first-order valence-electron chi connectivity index (χ1n) is 17.7. The Morgan fingerprint density at radius 1 is 0.429 bits per heavy atom. The summed E-state index contributed by atoms with van der Waals surface area (Å²) in [6, 6.07) is 30.2. The summed E-state index contributed by atoms with van der Waals surface area (Å²) in [7, 11) is 0. The molecule has 0 saturated carbocycles. The second kappa shape index (κ2) is 15.0. The van der Waals surface area contributed by atoms with Crippen molar-refractivity contribution in [1.29, 1.82) is 0 Å². The molecule has 0 aromatic heterocycles. The summed E-state index contributed by atoms with van der Waals surface area (Å²) >= 11 is -0.935. The van der Waals surface area contributed by atoms with E-state index in [2.05, 4.69) is 150 Å². The van der Waals surface area contributed by atoms with E-state index in [1.54, 1.807) is 0 Å². The normalized spacial score (nSPS) is 12.5. The van der Waals surface area contributed by atoms with E-state index in [9.17, 15) is 10.2 Å². The molecule has 4 rings (SSSR count). The molecule has 0 unspecified atom stereocenters. The van der Waals surface area contributed by atoms with Gasteiger partial charge in [-0.15, -0.1) is 0 Å². The second-order valence-electron chi connectivity index (χ2n) is 17.9. The van der Waals surface area contributed by atoms with E-state index < -0.39 is 18.8 Å². The molecule has 0 spiro atoms. The Morgan fingerprint density at radius 3 is 1.08 bits per heavy atom. The second-order valence-corrected chi connectivity index (χ2v) is 20.2. The van der Waals surface area contributed by atoms with Gasteiger partial charge in [0.05, 0.1) is 0 Å². The molecular formula is C44H60N2O2Ti+2. The van der Waals surface area contributed by atoms with Gasteiger partial charge in [-0.1, -0.05) is 0 Å². The molecule has 0 radical (unpaired) electrons. The Bertz CT molecular complexity index is 1720. The van der Waals surface area contributed by atoms with Crippen molar-refractivity contribution in [3.05, 3.63) is 129 Å². The first kappa shape index (κ1) is 38.6. The van der Waals surface area contributed by atoms with Gasteiger partial charge in [-0.25, -0.2) is 0 Å². The van der Waals surface area contributed by atoms with E-state index in [-0.39, 0.29) is 21.7 Å². The number of benzene rings is 4. The molecule has 0 saturated heterocycles. The van der Waals surface area contributed by atoms with E-state index in [0.717, 1.165) is 24.2 Å². The summed E-state index contributed by atoms with van der Waals surface area (Å²) in [5.74, 6) is 0.681. The van der Waals surface area contributed by atoms with Crippen LogP contribution < -0.4 is 0 Å². The summed E-state index contributed by atoms with van der Waals surface area (Å²) in [5.41, 5.74) is 9.59. The standard InChI is InChI=1S/2C22H30NO.Ti/c2*1-21(2,3)18-9-7-8-16(12-18)14-23-15-17-13-19(22(4,5)6)10-11-20(17)24;/h2*7-13,24H,14-15H2,1-6H3;/q2*-1;+4. The zero-order valence-corrected chi connectivity index (χ0v) is 33.8. The third-order valence-electron chi connectivity index (χ3n) is 9.23. The number of nitrogens with zero attached hydrogens (tertiary/aromatic N) is 2. The summed E-state index contributed by atoms with van der Waals surface area (Å²) in [6.07, 6.45) is 0. The summed E-state index contributed by atoms with van der Waals surface area (Å²) in [6.45, 7) is 29.7. The topological polar surface area (TPSA) is 46.5 Å². The van der Waals surface area contributed by atoms with Crippen molar-refractivity contribution in [2.24, 2.45) is 0 Å². The molecular weight excluding hydrogens is 636 g/mol. The average Bonchev–Trinajstić information content (AvgIpc) is 2.97. The van der Waals surface area contributed by atoms with Gasteiger partial charge in [0.15, 0.2) is 0 Å². The van der Waals surface area contributed by atoms with Crippen LogP contribution in [0.2, 0.25) is 0 Å². The van der Waals surface area contributed by atoms with Crippen LogP contribution >= 0.6 is 0 Å². The van der Waals surface area contributed by atoms with Gasteiger partial charge in [-0.05, 0) is 0 Å². The van der Waals surface area contributed by atoms with Gasteiger partial charge in [0.25, 0.3) is 0 Å². The molecule has 0 atom stereocenters. The molecule has 0 heterocycles. The SMILES string of the molecule is CC(C)(C)c1cccc(C[N+](Cc2cc(C(C)(C)C)ccc2O)=[Ti]=[N+](Cc2cccc(C(C)(C)C)c2)Cc2cc(C(C)(C)C)ccc2O)c1. The monoisotopic (exact) mass is 696 g/mol. The van der Waals surface area contributed by atoms with Gasteiger partial charge in [0, 0.05) is 0 Å². The van der Waals surface area contributed by atoms with Crippen molar-refractivity contribution in [2.45, 2.75) is 131 Å². The zero-order valence-electron chi connectivity index (χ0n) is 32.2. The maximum absolute atomic E-state index is 11.2. The Labute approximate surface area is 305 Å². The van der Waals surface area contributed by atoms with Gasteiger partial charge >= 0.3 is 307 Å². The third kappa shape index (κ3) is 10.9. The first-order chi connectivity index (χ1) is 22.6. The zero-order chi connectivity index (χ0) is 36.4. The predicted octanol–water partition coefficient (Wildman–Crippen LogP) is 10.9. The van der Waals surface area contributed by atoms with E-state index in [0.29, 0.717) is 24.6 Å². The number of phenolic OH excluding ortho intramolecular Hbond substituents is 2. The van der Waals surface area contributed by atoms with Gasteiger partial charge in [0.1, 0.15) is 0 Å². The minimum absolute atomic E-state index is 0.0235. The van der Waals surface area contributed by atoms with Gasteiger partial charge in [-0.3, -0.25) is 0 Å². The van der Waals surface area contributed by atoms with Crippen LogP contribution in [0.25, 0.3) is 0 Å². The van der Waals surface area contributed by atoms with Crippen LogP contribution in [0.1, 0.15) is 128 Å². The van der Waals surface area contributed by atoms with Gasteiger partial charge < -0.3 is 0 Å². The maximum atomic E-state index is 11.2. The van der Waals surface area contributed by atoms with Crippen molar-refractivity contribution in [3.8, 4) is 11.5 Å². The molecule has 0 amide bonds. The number of rotatable bonds is 8. The van der Waals surface area contributed by atoms with Crippen LogP contribution in [0.3, 0.4) is 0 Å². The number of phenols is 2. The first-order valence-corrected chi connectivity index (χ1v) is 19.1. The molecule has 2 N–H and O–H groups in total. The number of hydrogen-bond donors (Lipinski definition) is 2. The van der Waals surface area contributed by atoms with Crippen molar-refractivity contribution < 1.29 is 35.0 Å². The third-order valence-corrected chi connectivity index (χ3v) is 11.1. The van der Waals surface area contributed by atoms with Crippen LogP contribution in [0.15, 0.2) is 84.9 Å². The quantitative estimate of drug-likeness (QED) is 0.180. The van der Waals surface area contributed by atoms with Gasteiger partial charge in [-0.2, -0.15) is 0 Å². The molecule has 5 heteroatoms. The fourth-order valence-corrected chi connectivity index (χ4v) is 8.10. The summed E-state index contributed by atoms with van der Waals surface area (Å²) in [4.78, 5) is 0. The van der Waals surface area contributed by atoms with E-state index in [1.807, 2.05) is 24.3 Å². The molecule has 4 nitrogen and oxygen atoms in total. The van der Waals surface area contributed by atoms with Crippen LogP contribution in [-0.4, -0.2) is 16.2 Å². The molecule has 0 bridgehead atoms. The van der Waals surface area contributed by atoms with Gasteiger partial charge in [0.2, 0.25) is 0 Å². The van der Waals surface area contributed by atoms with Crippen molar-refractivity contribution in [2.75, 3.05) is 0 Å². The molecule has 0 aliphatic rings. The molecule has 260 valence electrons. The summed E-state index contributed by atoms with van der Waals surface area (Å²) < 4.78 is 5.11. The fraction of sp³-hybridized carbons (Fsp3) is 0.455. The molecule has 4 aromatic carbocycles. The predicted molar refractivity (Wildman–Crippen MR) is 199 cm³/mol. The Morgan fingerprint density at radius 2 is 0.755 bits per heavy atom. The summed E-state index contributed by atoms with van der Waals surface area (Å²) in [5, 5.41) is 22.3. The van der Waals surface area contributed by atoms with Crippen LogP contribution in [0.5, 0.6) is 11.5 Å². The van der Waals surface area contributed by atoms with E-state index in [4.69, 9.17) is 0 Å². The fourth-order valence-electron chi connectivity index (χ4n) is 5.93. The molecule has 4 aromatic rings. The van der Waals surface area contributed by atoms with E-state index >= 15 is 0 Å².